The van der Waals surface area contributed by atoms with Gasteiger partial charge < -0.3 is 13.6 Å². The van der Waals surface area contributed by atoms with Gasteiger partial charge in [-0.15, -0.1) is 0 Å². The van der Waals surface area contributed by atoms with Gasteiger partial charge in [0.25, 0.3) is 0 Å². The Kier molecular flexibility index (Phi) is 6.98. The van der Waals surface area contributed by atoms with Crippen LogP contribution in [0.15, 0.2) is 217 Å². The fourth-order valence-corrected chi connectivity index (χ4v) is 9.75. The first-order chi connectivity index (χ1) is 29.8. The Balaban J connectivity index is 0.981. The van der Waals surface area contributed by atoms with E-state index in [9.17, 15) is 0 Å². The van der Waals surface area contributed by atoms with Crippen LogP contribution in [0.25, 0.3) is 116 Å². The van der Waals surface area contributed by atoms with Gasteiger partial charge >= 0.3 is 0 Å². The topological polar surface area (TPSA) is 27.9 Å². The van der Waals surface area contributed by atoms with Crippen molar-refractivity contribution in [3.05, 3.63) is 212 Å². The third-order valence-electron chi connectivity index (χ3n) is 12.5. The van der Waals surface area contributed by atoms with Gasteiger partial charge in [0.2, 0.25) is 5.71 Å². The third-order valence-corrected chi connectivity index (χ3v) is 12.5. The number of hydrogen-bond donors (Lipinski definition) is 0. The molecule has 0 saturated carbocycles. The monoisotopic (exact) mass is 765 g/mol. The second kappa shape index (κ2) is 12.7. The second-order valence-corrected chi connectivity index (χ2v) is 15.7. The fraction of sp³-hybridized carbons (Fsp3) is 0. The summed E-state index contributed by atoms with van der Waals surface area (Å²) in [6.07, 6.45) is 0. The van der Waals surface area contributed by atoms with E-state index in [-0.39, 0.29) is 0 Å². The van der Waals surface area contributed by atoms with Crippen molar-refractivity contribution in [2.75, 3.05) is 0 Å². The smallest absolute Gasteiger partial charge is 0.213 e. The maximum Gasteiger partial charge on any atom is 0.213 e. The average Bonchev–Trinajstić information content (AvgIpc) is 4.05. The first kappa shape index (κ1) is 32.9. The predicted octanol–water partition coefficient (Wildman–Crippen LogP) is 15.1. The summed E-state index contributed by atoms with van der Waals surface area (Å²) in [4.78, 5) is 0. The molecule has 0 aliphatic rings. The van der Waals surface area contributed by atoms with Crippen molar-refractivity contribution < 1.29 is 4.42 Å². The summed E-state index contributed by atoms with van der Waals surface area (Å²) in [7, 11) is 0. The van der Waals surface area contributed by atoms with E-state index in [0.29, 0.717) is 0 Å². The number of benzene rings is 9. The highest BCUT2D eigenvalue weighted by Crippen LogP contribution is 2.42. The molecule has 4 nitrogen and oxygen atoms in total. The van der Waals surface area contributed by atoms with Gasteiger partial charge in [0, 0.05) is 49.4 Å². The van der Waals surface area contributed by atoms with E-state index in [1.807, 2.05) is 6.07 Å². The van der Waals surface area contributed by atoms with Gasteiger partial charge in [-0.3, -0.25) is 4.57 Å². The van der Waals surface area contributed by atoms with Crippen LogP contribution in [-0.4, -0.2) is 13.7 Å². The van der Waals surface area contributed by atoms with E-state index in [0.717, 1.165) is 55.8 Å². The van der Waals surface area contributed by atoms with Crippen molar-refractivity contribution >= 4 is 76.6 Å². The van der Waals surface area contributed by atoms with Gasteiger partial charge in [0.15, 0.2) is 0 Å². The Bertz CT molecular complexity index is 3750. The predicted molar refractivity (Wildman–Crippen MR) is 250 cm³/mol. The number of aromatic nitrogens is 3. The summed E-state index contributed by atoms with van der Waals surface area (Å²) < 4.78 is 13.6. The molecule has 60 heavy (non-hydrogen) atoms. The highest BCUT2D eigenvalue weighted by Gasteiger charge is 2.21. The Morgan fingerprint density at radius 2 is 0.717 bits per heavy atom. The van der Waals surface area contributed by atoms with Crippen molar-refractivity contribution in [2.24, 2.45) is 0 Å². The maximum absolute atomic E-state index is 6.55. The van der Waals surface area contributed by atoms with E-state index in [4.69, 9.17) is 4.42 Å². The molecule has 0 N–H and O–H groups in total. The highest BCUT2D eigenvalue weighted by molar-refractivity contribution is 6.20. The minimum absolute atomic E-state index is 0.869. The minimum Gasteiger partial charge on any atom is -0.439 e. The van der Waals surface area contributed by atoms with Gasteiger partial charge in [-0.05, 0) is 107 Å². The minimum atomic E-state index is 0.869. The lowest BCUT2D eigenvalue weighted by atomic mass is 10.0. The summed E-state index contributed by atoms with van der Waals surface area (Å²) in [5, 5.41) is 8.41. The molecule has 13 rings (SSSR count). The van der Waals surface area contributed by atoms with Crippen LogP contribution in [0.4, 0.5) is 0 Å². The molecule has 0 atom stereocenters. The van der Waals surface area contributed by atoms with E-state index in [1.165, 1.54) is 60.1 Å². The lowest BCUT2D eigenvalue weighted by molar-refractivity contribution is 0.645. The second-order valence-electron chi connectivity index (χ2n) is 15.7. The van der Waals surface area contributed by atoms with Crippen LogP contribution in [0, 0.1) is 0 Å². The first-order valence-electron chi connectivity index (χ1n) is 20.5. The van der Waals surface area contributed by atoms with Gasteiger partial charge in [-0.25, -0.2) is 0 Å². The van der Waals surface area contributed by atoms with Gasteiger partial charge in [-0.2, -0.15) is 0 Å². The van der Waals surface area contributed by atoms with Crippen LogP contribution < -0.4 is 0 Å². The van der Waals surface area contributed by atoms with Crippen molar-refractivity contribution in [3.8, 4) is 39.3 Å². The molecule has 0 saturated heterocycles. The van der Waals surface area contributed by atoms with Crippen molar-refractivity contribution in [1.82, 2.24) is 13.7 Å². The first-order valence-corrected chi connectivity index (χ1v) is 20.5. The van der Waals surface area contributed by atoms with Crippen LogP contribution in [0.3, 0.4) is 0 Å². The largest absolute Gasteiger partial charge is 0.439 e. The lowest BCUT2D eigenvalue weighted by Gasteiger charge is -2.11. The lowest BCUT2D eigenvalue weighted by Crippen LogP contribution is -1.96. The average molecular weight is 766 g/mol. The zero-order chi connectivity index (χ0) is 39.3. The Morgan fingerprint density at radius 3 is 1.42 bits per heavy atom. The fourth-order valence-electron chi connectivity index (χ4n) is 9.75. The zero-order valence-corrected chi connectivity index (χ0v) is 32.5. The van der Waals surface area contributed by atoms with E-state index in [2.05, 4.69) is 220 Å². The quantitative estimate of drug-likeness (QED) is 0.171. The molecule has 0 aliphatic carbocycles. The number of rotatable bonds is 5. The number of fused-ring (bicyclic) bond motifs is 11. The van der Waals surface area contributed by atoms with Crippen molar-refractivity contribution in [3.63, 3.8) is 0 Å². The number of para-hydroxylation sites is 4. The normalized spacial score (nSPS) is 12.0. The number of nitrogens with zero attached hydrogens (tertiary/aromatic N) is 3. The molecule has 0 unspecified atom stereocenters. The molecule has 280 valence electrons. The summed E-state index contributed by atoms with van der Waals surface area (Å²) >= 11 is 0. The summed E-state index contributed by atoms with van der Waals surface area (Å²) in [6, 6.07) is 76.7. The van der Waals surface area contributed by atoms with Gasteiger partial charge in [0.1, 0.15) is 5.58 Å². The molecule has 13 aromatic rings. The Morgan fingerprint density at radius 1 is 0.267 bits per heavy atom. The maximum atomic E-state index is 6.55. The molecule has 9 aromatic carbocycles. The van der Waals surface area contributed by atoms with Crippen LogP contribution in [-0.2, 0) is 0 Å². The molecule has 0 fully saturated rings. The van der Waals surface area contributed by atoms with Crippen molar-refractivity contribution in [2.45, 2.75) is 0 Å². The van der Waals surface area contributed by atoms with Crippen LogP contribution in [0.1, 0.15) is 0 Å². The molecular formula is C56H35N3O. The molecule has 0 spiro atoms. The number of hydrogen-bond acceptors (Lipinski definition) is 1. The highest BCUT2D eigenvalue weighted by atomic mass is 16.3. The Hall–Kier alpha value is -8.08. The molecular weight excluding hydrogens is 731 g/mol. The molecule has 4 heterocycles. The third kappa shape index (κ3) is 4.79. The van der Waals surface area contributed by atoms with Crippen molar-refractivity contribution in [1.29, 1.82) is 0 Å². The molecule has 0 amide bonds. The number of furan rings is 1. The van der Waals surface area contributed by atoms with Gasteiger partial charge in [-0.1, -0.05) is 127 Å². The molecule has 0 bridgehead atoms. The van der Waals surface area contributed by atoms with Crippen LogP contribution in [0.2, 0.25) is 0 Å². The van der Waals surface area contributed by atoms with E-state index >= 15 is 0 Å². The molecule has 0 aliphatic heterocycles. The molecule has 0 radical (unpaired) electrons. The van der Waals surface area contributed by atoms with Gasteiger partial charge in [0.05, 0.1) is 33.0 Å². The molecule has 4 heteroatoms. The molecule has 4 aromatic heterocycles. The summed E-state index contributed by atoms with van der Waals surface area (Å²) in [6.45, 7) is 0. The SMILES string of the molecule is c1ccc(-c2ccc3c(c2)c2cc(-n4c5ccccc5c5ccccc54)ccc2n3-c2ccc(-c3ccc4c(c3)c3c5ccccc5oc3n4-c3ccccc3)cc2)cc1. The summed E-state index contributed by atoms with van der Waals surface area (Å²) in [5.74, 6) is 0. The zero-order valence-electron chi connectivity index (χ0n) is 32.5. The standard InChI is InChI=1S/C56H35N3O/c1-3-13-36(14-4-1)38-25-30-51-46(33-38)47-35-42(58-49-20-10-7-17-43(49)44-18-8-11-21-50(44)58)29-32-52(47)57(51)41-27-23-37(24-28-41)39-26-31-53-48(34-39)55-45-19-9-12-22-54(45)60-56(55)59(53)40-15-5-2-6-16-40/h1-35H. The van der Waals surface area contributed by atoms with E-state index in [1.54, 1.807) is 0 Å². The summed E-state index contributed by atoms with van der Waals surface area (Å²) in [5.41, 5.74) is 15.7. The van der Waals surface area contributed by atoms with E-state index < -0.39 is 0 Å². The van der Waals surface area contributed by atoms with Crippen LogP contribution in [0.5, 0.6) is 0 Å². The Labute approximate surface area is 345 Å². The van der Waals surface area contributed by atoms with Crippen LogP contribution >= 0.6 is 0 Å².